The van der Waals surface area contributed by atoms with E-state index in [2.05, 4.69) is 9.47 Å². The van der Waals surface area contributed by atoms with Crippen LogP contribution < -0.4 is 9.47 Å². The summed E-state index contributed by atoms with van der Waals surface area (Å²) in [5.41, 5.74) is 1.98. The summed E-state index contributed by atoms with van der Waals surface area (Å²) < 4.78 is 20.0. The van der Waals surface area contributed by atoms with Gasteiger partial charge in [-0.3, -0.25) is 9.59 Å². The standard InChI is InChI=1S/2C18H18O6/c1-3-11-8-14(16(20)9-15(11)19)17(21)10-24-13-6-4-12(5-7-13)18(22)23-2;1-3-11-8-14(16(20)9-15(11)19)17(21)10-24-13-6-4-5-12(7-13)18(22)23-2/h2*4-9,19-20H,3,10H2,1-2H3. The van der Waals surface area contributed by atoms with Crippen LogP contribution in [0.15, 0.2) is 72.8 Å². The van der Waals surface area contributed by atoms with E-state index in [0.717, 1.165) is 12.1 Å². The molecule has 0 aliphatic heterocycles. The van der Waals surface area contributed by atoms with Crippen LogP contribution in [0.25, 0.3) is 0 Å². The SMILES string of the molecule is CCc1cc(C(=O)COc2ccc(C(=O)OC)cc2)c(O)cc1O.CCc1cc(C(=O)COc2cccc(C(=O)OC)c2)c(O)cc1O. The van der Waals surface area contributed by atoms with E-state index in [0.29, 0.717) is 46.6 Å². The van der Waals surface area contributed by atoms with Gasteiger partial charge in [-0.05, 0) is 78.6 Å². The van der Waals surface area contributed by atoms with Crippen molar-refractivity contribution in [3.8, 4) is 34.5 Å². The number of esters is 2. The predicted molar refractivity (Wildman–Crippen MR) is 174 cm³/mol. The number of phenolic OH excluding ortho intramolecular Hbond substituents is 4. The van der Waals surface area contributed by atoms with Crippen LogP contribution in [0, 0.1) is 0 Å². The third-order valence-corrected chi connectivity index (χ3v) is 7.03. The maximum Gasteiger partial charge on any atom is 0.337 e. The summed E-state index contributed by atoms with van der Waals surface area (Å²) in [4.78, 5) is 47.2. The Morgan fingerprint density at radius 2 is 1.00 bits per heavy atom. The minimum Gasteiger partial charge on any atom is -0.508 e. The number of aromatic hydroxyl groups is 4. The molecule has 0 aliphatic rings. The van der Waals surface area contributed by atoms with Gasteiger partial charge < -0.3 is 39.4 Å². The molecular formula is C36H36O12. The van der Waals surface area contributed by atoms with Gasteiger partial charge in [-0.25, -0.2) is 9.59 Å². The number of hydrogen-bond acceptors (Lipinski definition) is 12. The van der Waals surface area contributed by atoms with Crippen LogP contribution in [0.4, 0.5) is 0 Å². The molecule has 0 unspecified atom stereocenters. The lowest BCUT2D eigenvalue weighted by atomic mass is 10.0. The van der Waals surface area contributed by atoms with E-state index < -0.39 is 23.5 Å². The van der Waals surface area contributed by atoms with E-state index in [1.165, 1.54) is 44.6 Å². The first-order chi connectivity index (χ1) is 22.9. The third-order valence-electron chi connectivity index (χ3n) is 7.03. The van der Waals surface area contributed by atoms with Crippen molar-refractivity contribution in [3.05, 3.63) is 106 Å². The summed E-state index contributed by atoms with van der Waals surface area (Å²) in [6.45, 7) is 3.07. The van der Waals surface area contributed by atoms with Crippen LogP contribution in [-0.2, 0) is 22.3 Å². The molecule has 0 aromatic heterocycles. The van der Waals surface area contributed by atoms with E-state index >= 15 is 0 Å². The zero-order valence-electron chi connectivity index (χ0n) is 26.8. The molecule has 0 saturated heterocycles. The molecule has 4 aromatic rings. The number of benzene rings is 4. The fourth-order valence-corrected chi connectivity index (χ4v) is 4.35. The highest BCUT2D eigenvalue weighted by atomic mass is 16.5. The Morgan fingerprint density at radius 3 is 1.46 bits per heavy atom. The van der Waals surface area contributed by atoms with Gasteiger partial charge in [-0.15, -0.1) is 0 Å². The van der Waals surface area contributed by atoms with Crippen molar-refractivity contribution in [2.24, 2.45) is 0 Å². The Balaban J connectivity index is 0.000000260. The Labute approximate surface area is 276 Å². The Hall–Kier alpha value is -6.04. The molecule has 48 heavy (non-hydrogen) atoms. The van der Waals surface area contributed by atoms with E-state index in [-0.39, 0.29) is 47.3 Å². The largest absolute Gasteiger partial charge is 0.508 e. The average Bonchev–Trinajstić information content (AvgIpc) is 3.09. The lowest BCUT2D eigenvalue weighted by molar-refractivity contribution is 0.0591. The highest BCUT2D eigenvalue weighted by Crippen LogP contribution is 2.29. The van der Waals surface area contributed by atoms with Crippen molar-refractivity contribution in [2.45, 2.75) is 26.7 Å². The van der Waals surface area contributed by atoms with E-state index in [4.69, 9.17) is 9.47 Å². The van der Waals surface area contributed by atoms with Crippen molar-refractivity contribution in [1.82, 2.24) is 0 Å². The summed E-state index contributed by atoms with van der Waals surface area (Å²) in [7, 11) is 2.57. The van der Waals surface area contributed by atoms with Crippen molar-refractivity contribution in [2.75, 3.05) is 27.4 Å². The number of carbonyl (C=O) groups excluding carboxylic acids is 4. The third kappa shape index (κ3) is 9.49. The molecule has 4 N–H and O–H groups in total. The Kier molecular flexibility index (Phi) is 12.9. The summed E-state index contributed by atoms with van der Waals surface area (Å²) in [5.74, 6) is -1.78. The molecule has 12 heteroatoms. The molecule has 4 rings (SSSR count). The molecule has 0 fully saturated rings. The minimum atomic E-state index is -0.504. The van der Waals surface area contributed by atoms with Crippen LogP contribution in [0.5, 0.6) is 34.5 Å². The van der Waals surface area contributed by atoms with Crippen molar-refractivity contribution in [1.29, 1.82) is 0 Å². The van der Waals surface area contributed by atoms with E-state index in [9.17, 15) is 39.6 Å². The fourth-order valence-electron chi connectivity index (χ4n) is 4.35. The van der Waals surface area contributed by atoms with Gasteiger partial charge in [0, 0.05) is 12.1 Å². The second-order valence-electron chi connectivity index (χ2n) is 10.2. The van der Waals surface area contributed by atoms with Gasteiger partial charge in [0.2, 0.25) is 11.6 Å². The van der Waals surface area contributed by atoms with Gasteiger partial charge in [-0.1, -0.05) is 19.9 Å². The van der Waals surface area contributed by atoms with Gasteiger partial charge in [0.25, 0.3) is 0 Å². The number of rotatable bonds is 12. The summed E-state index contributed by atoms with van der Waals surface area (Å²) >= 11 is 0. The smallest absolute Gasteiger partial charge is 0.337 e. The second kappa shape index (κ2) is 17.0. The summed E-state index contributed by atoms with van der Waals surface area (Å²) in [6, 6.07) is 17.6. The minimum absolute atomic E-state index is 0.0501. The molecule has 0 amide bonds. The van der Waals surface area contributed by atoms with Crippen LogP contribution in [0.1, 0.15) is 66.4 Å². The number of methoxy groups -OCH3 is 2. The number of phenols is 4. The molecule has 0 radical (unpaired) electrons. The first kappa shape index (κ1) is 36.4. The summed E-state index contributed by atoms with van der Waals surface area (Å²) in [6.07, 6.45) is 1.05. The first-order valence-corrected chi connectivity index (χ1v) is 14.7. The number of aryl methyl sites for hydroxylation is 2. The van der Waals surface area contributed by atoms with Gasteiger partial charge in [-0.2, -0.15) is 0 Å². The number of hydrogen-bond donors (Lipinski definition) is 4. The first-order valence-electron chi connectivity index (χ1n) is 14.7. The average molecular weight is 661 g/mol. The normalized spacial score (nSPS) is 10.2. The van der Waals surface area contributed by atoms with E-state index in [1.807, 2.05) is 13.8 Å². The number of ketones is 2. The molecule has 0 heterocycles. The number of Topliss-reactive ketones (excluding diaryl/α,β-unsaturated/α-hetero) is 2. The second-order valence-corrected chi connectivity index (χ2v) is 10.2. The van der Waals surface area contributed by atoms with E-state index in [1.54, 1.807) is 30.3 Å². The lowest BCUT2D eigenvalue weighted by Gasteiger charge is -2.10. The Bertz CT molecular complexity index is 1780. The highest BCUT2D eigenvalue weighted by Gasteiger charge is 2.17. The molecule has 0 saturated carbocycles. The van der Waals surface area contributed by atoms with Crippen LogP contribution in [0.2, 0.25) is 0 Å². The van der Waals surface area contributed by atoms with Crippen molar-refractivity contribution in [3.63, 3.8) is 0 Å². The number of carbonyl (C=O) groups is 4. The molecule has 0 bridgehead atoms. The van der Waals surface area contributed by atoms with Gasteiger partial charge in [0.1, 0.15) is 34.5 Å². The predicted octanol–water partition coefficient (Wildman–Crippen LogP) is 5.42. The fraction of sp³-hybridized carbons (Fsp3) is 0.222. The van der Waals surface area contributed by atoms with Gasteiger partial charge in [0.15, 0.2) is 13.2 Å². The van der Waals surface area contributed by atoms with Crippen LogP contribution in [-0.4, -0.2) is 71.4 Å². The maximum absolute atomic E-state index is 12.2. The monoisotopic (exact) mass is 660 g/mol. The molecule has 0 atom stereocenters. The quantitative estimate of drug-likeness (QED) is 0.112. The zero-order valence-corrected chi connectivity index (χ0v) is 26.8. The molecule has 4 aromatic carbocycles. The number of ether oxygens (including phenoxy) is 4. The van der Waals surface area contributed by atoms with Gasteiger partial charge >= 0.3 is 11.9 Å². The molecular weight excluding hydrogens is 624 g/mol. The highest BCUT2D eigenvalue weighted by molar-refractivity contribution is 6.01. The molecule has 252 valence electrons. The topological polar surface area (TPSA) is 186 Å². The van der Waals surface area contributed by atoms with Crippen molar-refractivity contribution < 1.29 is 58.6 Å². The van der Waals surface area contributed by atoms with Crippen LogP contribution >= 0.6 is 0 Å². The summed E-state index contributed by atoms with van der Waals surface area (Å²) in [5, 5.41) is 39.0. The maximum atomic E-state index is 12.2. The molecule has 12 nitrogen and oxygen atoms in total. The molecule has 0 aliphatic carbocycles. The van der Waals surface area contributed by atoms with Crippen molar-refractivity contribution >= 4 is 23.5 Å². The van der Waals surface area contributed by atoms with Gasteiger partial charge in [0.05, 0.1) is 36.5 Å². The van der Waals surface area contributed by atoms with Crippen LogP contribution in [0.3, 0.4) is 0 Å². The Morgan fingerprint density at radius 1 is 0.542 bits per heavy atom. The lowest BCUT2D eigenvalue weighted by Crippen LogP contribution is -2.12. The zero-order chi connectivity index (χ0) is 35.4. The molecule has 0 spiro atoms.